The van der Waals surface area contributed by atoms with Crippen LogP contribution >= 0.6 is 11.8 Å². The quantitative estimate of drug-likeness (QED) is 0.692. The topological polar surface area (TPSA) is 95.6 Å². The second kappa shape index (κ2) is 9.54. The Balaban J connectivity index is 1.34. The molecule has 2 heterocycles. The minimum atomic E-state index is -3.20. The average Bonchev–Trinajstić information content (AvgIpc) is 2.99. The molecule has 170 valence electrons. The summed E-state index contributed by atoms with van der Waals surface area (Å²) in [6, 6.07) is 12.6. The molecule has 2 N–H and O–H groups in total. The van der Waals surface area contributed by atoms with Gasteiger partial charge in [0.1, 0.15) is 0 Å². The Morgan fingerprint density at radius 2 is 1.88 bits per heavy atom. The van der Waals surface area contributed by atoms with Gasteiger partial charge in [0.2, 0.25) is 5.91 Å². The van der Waals surface area contributed by atoms with E-state index in [9.17, 15) is 18.0 Å². The zero-order valence-electron chi connectivity index (χ0n) is 18.0. The number of nitrogens with zero attached hydrogens (tertiary/aromatic N) is 1. The van der Waals surface area contributed by atoms with Crippen LogP contribution in [-0.2, 0) is 14.6 Å². The Labute approximate surface area is 192 Å². The highest BCUT2D eigenvalue weighted by atomic mass is 32.2. The van der Waals surface area contributed by atoms with Crippen LogP contribution in [-0.4, -0.2) is 50.9 Å². The highest BCUT2D eigenvalue weighted by Crippen LogP contribution is 2.31. The number of carbonyl (C=O) groups is 2. The molecule has 4 rings (SSSR count). The number of hydrogen-bond acceptors (Lipinski definition) is 6. The highest BCUT2D eigenvalue weighted by Gasteiger charge is 2.23. The molecule has 0 atom stereocenters. The molecular weight excluding hydrogens is 446 g/mol. The first-order valence-electron chi connectivity index (χ1n) is 10.8. The number of sulfone groups is 1. The number of fused-ring (bicyclic) bond motifs is 1. The van der Waals surface area contributed by atoms with E-state index in [1.54, 1.807) is 43.0 Å². The van der Waals surface area contributed by atoms with E-state index >= 15 is 0 Å². The maximum Gasteiger partial charge on any atom is 0.251 e. The van der Waals surface area contributed by atoms with Crippen LogP contribution in [0.2, 0.25) is 0 Å². The van der Waals surface area contributed by atoms with E-state index < -0.39 is 9.84 Å². The van der Waals surface area contributed by atoms with Crippen molar-refractivity contribution in [2.75, 3.05) is 34.8 Å². The van der Waals surface area contributed by atoms with Gasteiger partial charge in [0.15, 0.2) is 9.84 Å². The van der Waals surface area contributed by atoms with Crippen LogP contribution < -0.4 is 15.5 Å². The third-order valence-corrected chi connectivity index (χ3v) is 8.70. The van der Waals surface area contributed by atoms with Gasteiger partial charge < -0.3 is 15.5 Å². The van der Waals surface area contributed by atoms with Crippen LogP contribution in [0.3, 0.4) is 0 Å². The van der Waals surface area contributed by atoms with Crippen molar-refractivity contribution in [3.05, 3.63) is 48.0 Å². The van der Waals surface area contributed by atoms with E-state index in [0.717, 1.165) is 42.3 Å². The third kappa shape index (κ3) is 5.10. The zero-order chi connectivity index (χ0) is 22.7. The van der Waals surface area contributed by atoms with Crippen molar-refractivity contribution in [2.45, 2.75) is 42.0 Å². The molecule has 0 radical (unpaired) electrons. The monoisotopic (exact) mass is 473 g/mol. The van der Waals surface area contributed by atoms with E-state index in [2.05, 4.69) is 15.5 Å². The predicted octanol–water partition coefficient (Wildman–Crippen LogP) is 3.31. The number of anilines is 2. The normalized spacial score (nSPS) is 17.3. The number of piperidine rings is 1. The minimum Gasteiger partial charge on any atom is -0.371 e. The molecule has 0 aromatic heterocycles. The molecular formula is C23H27N3O4S2. The number of thioether (sulfide) groups is 1. The predicted molar refractivity (Wildman–Crippen MR) is 127 cm³/mol. The summed E-state index contributed by atoms with van der Waals surface area (Å²) < 4.78 is 24.0. The first-order valence-corrected chi connectivity index (χ1v) is 13.4. The van der Waals surface area contributed by atoms with Gasteiger partial charge in [-0.25, -0.2) is 8.42 Å². The summed E-state index contributed by atoms with van der Waals surface area (Å²) in [6.07, 6.45) is 2.08. The van der Waals surface area contributed by atoms with Crippen LogP contribution in [0.5, 0.6) is 0 Å². The average molecular weight is 474 g/mol. The van der Waals surface area contributed by atoms with Crippen molar-refractivity contribution in [2.24, 2.45) is 0 Å². The zero-order valence-corrected chi connectivity index (χ0v) is 19.6. The Kier molecular flexibility index (Phi) is 6.76. The fourth-order valence-electron chi connectivity index (χ4n) is 3.94. The van der Waals surface area contributed by atoms with Gasteiger partial charge in [-0.15, -0.1) is 11.8 Å². The molecule has 0 spiro atoms. The second-order valence-electron chi connectivity index (χ2n) is 7.99. The third-order valence-electron chi connectivity index (χ3n) is 5.87. The lowest BCUT2D eigenvalue weighted by molar-refractivity contribution is -0.115. The van der Waals surface area contributed by atoms with Crippen molar-refractivity contribution in [1.82, 2.24) is 5.32 Å². The molecule has 2 aromatic carbocycles. The summed E-state index contributed by atoms with van der Waals surface area (Å²) in [5, 5.41) is 5.99. The molecule has 1 fully saturated rings. The molecule has 0 bridgehead atoms. The van der Waals surface area contributed by atoms with E-state index in [4.69, 9.17) is 0 Å². The molecule has 0 aliphatic carbocycles. The Hall–Kier alpha value is -2.52. The maximum absolute atomic E-state index is 12.8. The van der Waals surface area contributed by atoms with Gasteiger partial charge in [-0.1, -0.05) is 6.92 Å². The van der Waals surface area contributed by atoms with Gasteiger partial charge in [-0.3, -0.25) is 9.59 Å². The fraction of sp³-hybridized carbons (Fsp3) is 0.391. The summed E-state index contributed by atoms with van der Waals surface area (Å²) in [5.74, 6) is 0.665. The van der Waals surface area contributed by atoms with Gasteiger partial charge in [-0.05, 0) is 55.3 Å². The number of carbonyl (C=O) groups excluding carboxylic acids is 2. The Bertz CT molecular complexity index is 1110. The van der Waals surface area contributed by atoms with Crippen LogP contribution in [0.15, 0.2) is 52.3 Å². The first kappa shape index (κ1) is 22.7. The van der Waals surface area contributed by atoms with E-state index in [0.29, 0.717) is 22.6 Å². The molecule has 9 heteroatoms. The fourth-order valence-corrected chi connectivity index (χ4v) is 5.76. The summed E-state index contributed by atoms with van der Waals surface area (Å²) in [6.45, 7) is 3.20. The lowest BCUT2D eigenvalue weighted by atomic mass is 10.0. The smallest absolute Gasteiger partial charge is 0.251 e. The molecule has 7 nitrogen and oxygen atoms in total. The number of benzene rings is 2. The first-order chi connectivity index (χ1) is 15.4. The number of amides is 2. The number of hydrogen-bond donors (Lipinski definition) is 2. The van der Waals surface area contributed by atoms with E-state index in [1.807, 2.05) is 18.2 Å². The summed E-state index contributed by atoms with van der Waals surface area (Å²) >= 11 is 1.62. The van der Waals surface area contributed by atoms with Crippen molar-refractivity contribution >= 4 is 44.8 Å². The lowest BCUT2D eigenvalue weighted by Crippen LogP contribution is -2.44. The highest BCUT2D eigenvalue weighted by molar-refractivity contribution is 7.99. The Morgan fingerprint density at radius 3 is 2.56 bits per heavy atom. The number of nitrogens with one attached hydrogen (secondary N) is 2. The van der Waals surface area contributed by atoms with Crippen LogP contribution in [0.1, 0.15) is 36.5 Å². The van der Waals surface area contributed by atoms with Crippen LogP contribution in [0.25, 0.3) is 0 Å². The van der Waals surface area contributed by atoms with Crippen molar-refractivity contribution in [3.8, 4) is 0 Å². The maximum atomic E-state index is 12.8. The largest absolute Gasteiger partial charge is 0.371 e. The van der Waals surface area contributed by atoms with Gasteiger partial charge in [0, 0.05) is 47.5 Å². The molecule has 0 saturated carbocycles. The van der Waals surface area contributed by atoms with Crippen molar-refractivity contribution in [3.63, 3.8) is 0 Å². The van der Waals surface area contributed by atoms with E-state index in [1.165, 1.54) is 0 Å². The van der Waals surface area contributed by atoms with Crippen molar-refractivity contribution in [1.29, 1.82) is 0 Å². The van der Waals surface area contributed by atoms with Crippen molar-refractivity contribution < 1.29 is 18.0 Å². The van der Waals surface area contributed by atoms with Crippen LogP contribution in [0.4, 0.5) is 11.4 Å². The molecule has 2 amide bonds. The minimum absolute atomic E-state index is 0.0264. The van der Waals surface area contributed by atoms with E-state index in [-0.39, 0.29) is 23.6 Å². The standard InChI is InChI=1S/C23H27N3O4S2/c1-2-32(29,30)19-6-4-18(5-7-19)26-12-9-17(10-13-26)24-23(28)16-3-8-21-20(15-16)25-22(27)11-14-31-21/h3-8,15,17H,2,9-14H2,1H3,(H,24,28)(H,25,27). The molecule has 1 saturated heterocycles. The molecule has 32 heavy (non-hydrogen) atoms. The van der Waals surface area contributed by atoms with Gasteiger partial charge in [-0.2, -0.15) is 0 Å². The summed E-state index contributed by atoms with van der Waals surface area (Å²) in [5.41, 5.74) is 2.24. The summed E-state index contributed by atoms with van der Waals surface area (Å²) in [7, 11) is -3.20. The van der Waals surface area contributed by atoms with Gasteiger partial charge in [0.25, 0.3) is 5.91 Å². The SMILES string of the molecule is CCS(=O)(=O)c1ccc(N2CCC(NC(=O)c3ccc4c(c3)NC(=O)CCS4)CC2)cc1. The Morgan fingerprint density at radius 1 is 1.16 bits per heavy atom. The second-order valence-corrected chi connectivity index (χ2v) is 11.4. The lowest BCUT2D eigenvalue weighted by Gasteiger charge is -2.34. The van der Waals surface area contributed by atoms with Gasteiger partial charge in [0.05, 0.1) is 16.3 Å². The summed E-state index contributed by atoms with van der Waals surface area (Å²) in [4.78, 5) is 28.1. The molecule has 2 aliphatic rings. The molecule has 2 aromatic rings. The van der Waals surface area contributed by atoms with Crippen LogP contribution in [0, 0.1) is 0 Å². The number of rotatable bonds is 5. The molecule has 2 aliphatic heterocycles. The van der Waals surface area contributed by atoms with Gasteiger partial charge >= 0.3 is 0 Å². The molecule has 0 unspecified atom stereocenters.